The Morgan fingerprint density at radius 1 is 1.09 bits per heavy atom. The number of nitrogens with zero attached hydrogens (tertiary/aromatic N) is 3. The number of hydrazone groups is 1. The molecule has 7 heteroatoms. The average molecular weight is 333 g/mol. The molecule has 1 aromatic carbocycles. The smallest absolute Gasteiger partial charge is 0.160 e. The third kappa shape index (κ3) is 2.95. The minimum Gasteiger partial charge on any atom is -0.504 e. The van der Waals surface area contributed by atoms with Gasteiger partial charge in [-0.3, -0.25) is 10.4 Å². The van der Waals surface area contributed by atoms with Crippen LogP contribution in [0.4, 0.5) is 5.82 Å². The van der Waals surface area contributed by atoms with E-state index in [0.29, 0.717) is 21.7 Å². The van der Waals surface area contributed by atoms with Gasteiger partial charge in [0, 0.05) is 17.8 Å². The van der Waals surface area contributed by atoms with Crippen LogP contribution in [0, 0.1) is 0 Å². The van der Waals surface area contributed by atoms with Crippen molar-refractivity contribution in [3.05, 3.63) is 58.3 Å². The van der Waals surface area contributed by atoms with E-state index in [4.69, 9.17) is 23.2 Å². The summed E-state index contributed by atoms with van der Waals surface area (Å²) >= 11 is 12.0. The van der Waals surface area contributed by atoms with Crippen LogP contribution >= 0.6 is 23.2 Å². The van der Waals surface area contributed by atoms with Gasteiger partial charge in [0.05, 0.1) is 16.3 Å². The van der Waals surface area contributed by atoms with Crippen LogP contribution in [-0.4, -0.2) is 21.3 Å². The van der Waals surface area contributed by atoms with Gasteiger partial charge in [0.25, 0.3) is 0 Å². The Bertz CT molecular complexity index is 853. The number of rotatable bonds is 3. The van der Waals surface area contributed by atoms with Crippen molar-refractivity contribution in [3.63, 3.8) is 0 Å². The van der Waals surface area contributed by atoms with Gasteiger partial charge < -0.3 is 5.11 Å². The lowest BCUT2D eigenvalue weighted by Gasteiger charge is -2.06. The normalized spacial score (nSPS) is 11.2. The van der Waals surface area contributed by atoms with E-state index >= 15 is 0 Å². The minimum absolute atomic E-state index is 0.108. The molecule has 0 aliphatic heterocycles. The largest absolute Gasteiger partial charge is 0.504 e. The third-order valence-electron chi connectivity index (χ3n) is 2.96. The first-order chi connectivity index (χ1) is 10.6. The molecule has 5 nitrogen and oxygen atoms in total. The summed E-state index contributed by atoms with van der Waals surface area (Å²) in [6.45, 7) is 0. The molecule has 0 spiro atoms. The predicted molar refractivity (Wildman–Crippen MR) is 88.9 cm³/mol. The summed E-state index contributed by atoms with van der Waals surface area (Å²) in [5, 5.41) is 15.3. The van der Waals surface area contributed by atoms with Gasteiger partial charge in [0.1, 0.15) is 11.3 Å². The van der Waals surface area contributed by atoms with Gasteiger partial charge in [-0.05, 0) is 35.9 Å². The van der Waals surface area contributed by atoms with Crippen molar-refractivity contribution in [2.45, 2.75) is 0 Å². The topological polar surface area (TPSA) is 70.4 Å². The number of aromatic hydroxyl groups is 1. The molecule has 0 fully saturated rings. The van der Waals surface area contributed by atoms with E-state index in [1.807, 2.05) is 12.1 Å². The van der Waals surface area contributed by atoms with E-state index in [1.165, 1.54) is 6.07 Å². The van der Waals surface area contributed by atoms with Crippen LogP contribution in [-0.2, 0) is 0 Å². The maximum Gasteiger partial charge on any atom is 0.160 e. The van der Waals surface area contributed by atoms with Gasteiger partial charge in [-0.25, -0.2) is 4.98 Å². The molecule has 0 aliphatic carbocycles. The fraction of sp³-hybridized carbons (Fsp3) is 0. The average Bonchev–Trinajstić information content (AvgIpc) is 2.54. The second-order valence-electron chi connectivity index (χ2n) is 4.43. The molecule has 0 atom stereocenters. The summed E-state index contributed by atoms with van der Waals surface area (Å²) < 4.78 is 0. The van der Waals surface area contributed by atoms with Crippen molar-refractivity contribution >= 4 is 46.1 Å². The zero-order chi connectivity index (χ0) is 15.5. The number of fused-ring (bicyclic) bond motifs is 1. The predicted octanol–water partition coefficient (Wildman–Crippen LogP) is 4.09. The number of anilines is 1. The summed E-state index contributed by atoms with van der Waals surface area (Å²) in [4.78, 5) is 8.20. The fourth-order valence-electron chi connectivity index (χ4n) is 1.89. The Morgan fingerprint density at radius 2 is 1.86 bits per heavy atom. The van der Waals surface area contributed by atoms with Crippen LogP contribution in [0.1, 0.15) is 5.56 Å². The molecule has 3 aromatic rings. The molecule has 0 unspecified atom stereocenters. The van der Waals surface area contributed by atoms with E-state index in [2.05, 4.69) is 20.5 Å². The number of hydrogen-bond donors (Lipinski definition) is 2. The molecule has 22 heavy (non-hydrogen) atoms. The van der Waals surface area contributed by atoms with Crippen molar-refractivity contribution in [3.8, 4) is 5.75 Å². The maximum atomic E-state index is 9.98. The van der Waals surface area contributed by atoms with Gasteiger partial charge in [-0.2, -0.15) is 5.10 Å². The van der Waals surface area contributed by atoms with Crippen molar-refractivity contribution in [1.82, 2.24) is 9.97 Å². The Hall–Kier alpha value is -2.37. The highest BCUT2D eigenvalue weighted by atomic mass is 35.5. The number of benzene rings is 1. The lowest BCUT2D eigenvalue weighted by molar-refractivity contribution is 0.480. The molecule has 2 aromatic heterocycles. The van der Waals surface area contributed by atoms with Crippen LogP contribution < -0.4 is 5.43 Å². The molecule has 2 heterocycles. The molecule has 0 saturated heterocycles. The maximum absolute atomic E-state index is 9.98. The second kappa shape index (κ2) is 6.17. The number of phenolic OH excluding ortho intramolecular Hbond substituents is 1. The van der Waals surface area contributed by atoms with Crippen LogP contribution in [0.15, 0.2) is 47.8 Å². The van der Waals surface area contributed by atoms with Crippen LogP contribution in [0.2, 0.25) is 10.0 Å². The van der Waals surface area contributed by atoms with Gasteiger partial charge in [-0.1, -0.05) is 23.2 Å². The van der Waals surface area contributed by atoms with Crippen molar-refractivity contribution < 1.29 is 5.11 Å². The zero-order valence-corrected chi connectivity index (χ0v) is 12.7. The molecule has 0 saturated carbocycles. The lowest BCUT2D eigenvalue weighted by atomic mass is 10.2. The van der Waals surface area contributed by atoms with E-state index < -0.39 is 0 Å². The van der Waals surface area contributed by atoms with Gasteiger partial charge in [0.2, 0.25) is 0 Å². The highest BCUT2D eigenvalue weighted by Gasteiger charge is 2.11. The van der Waals surface area contributed by atoms with Gasteiger partial charge >= 0.3 is 0 Å². The van der Waals surface area contributed by atoms with E-state index in [0.717, 1.165) is 5.56 Å². The lowest BCUT2D eigenvalue weighted by Crippen LogP contribution is -1.94. The SMILES string of the molecule is Oc1c(Cl)cc(Cl)c2ccc(N/N=C/c3ccncc3)nc12. The number of hydrogen-bond acceptors (Lipinski definition) is 5. The summed E-state index contributed by atoms with van der Waals surface area (Å²) in [5.41, 5.74) is 4.01. The molecule has 110 valence electrons. The van der Waals surface area contributed by atoms with Crippen LogP contribution in [0.5, 0.6) is 5.75 Å². The molecule has 3 rings (SSSR count). The number of halogens is 2. The van der Waals surface area contributed by atoms with Gasteiger partial charge in [-0.15, -0.1) is 0 Å². The second-order valence-corrected chi connectivity index (χ2v) is 5.25. The molecule has 2 N–H and O–H groups in total. The minimum atomic E-state index is -0.108. The Balaban J connectivity index is 1.89. The number of phenols is 1. The highest BCUT2D eigenvalue weighted by molar-refractivity contribution is 6.39. The first kappa shape index (κ1) is 14.6. The van der Waals surface area contributed by atoms with Crippen molar-refractivity contribution in [1.29, 1.82) is 0 Å². The standard InChI is InChI=1S/C15H10Cl2N4O/c16-11-7-12(17)15(22)14-10(11)1-2-13(20-14)21-19-8-9-3-5-18-6-4-9/h1-8,22H,(H,20,21)/b19-8+. The Kier molecular flexibility index (Phi) is 4.09. The van der Waals surface area contributed by atoms with Crippen molar-refractivity contribution in [2.75, 3.05) is 5.43 Å². The van der Waals surface area contributed by atoms with E-state index in [1.54, 1.807) is 30.7 Å². The van der Waals surface area contributed by atoms with Crippen LogP contribution in [0.25, 0.3) is 10.9 Å². The summed E-state index contributed by atoms with van der Waals surface area (Å²) in [6, 6.07) is 8.59. The molecule has 0 aliphatic rings. The van der Waals surface area contributed by atoms with E-state index in [9.17, 15) is 5.11 Å². The quantitative estimate of drug-likeness (QED) is 0.559. The first-order valence-electron chi connectivity index (χ1n) is 6.32. The molecule has 0 bridgehead atoms. The number of pyridine rings is 2. The van der Waals surface area contributed by atoms with Crippen LogP contribution in [0.3, 0.4) is 0 Å². The molecule has 0 amide bonds. The van der Waals surface area contributed by atoms with E-state index in [-0.39, 0.29) is 10.8 Å². The number of aromatic nitrogens is 2. The first-order valence-corrected chi connectivity index (χ1v) is 7.07. The van der Waals surface area contributed by atoms with Gasteiger partial charge in [0.15, 0.2) is 5.75 Å². The van der Waals surface area contributed by atoms with Crippen molar-refractivity contribution in [2.24, 2.45) is 5.10 Å². The third-order valence-corrected chi connectivity index (χ3v) is 3.56. The summed E-state index contributed by atoms with van der Waals surface area (Å²) in [6.07, 6.45) is 4.99. The Morgan fingerprint density at radius 3 is 2.64 bits per heavy atom. The summed E-state index contributed by atoms with van der Waals surface area (Å²) in [5.74, 6) is 0.356. The molecule has 0 radical (unpaired) electrons. The highest BCUT2D eigenvalue weighted by Crippen LogP contribution is 2.36. The summed E-state index contributed by atoms with van der Waals surface area (Å²) in [7, 11) is 0. The molecular weight excluding hydrogens is 323 g/mol. The monoisotopic (exact) mass is 332 g/mol. The zero-order valence-electron chi connectivity index (χ0n) is 11.2. The fourth-order valence-corrected chi connectivity index (χ4v) is 2.40. The molecular formula is C15H10Cl2N4O. The number of nitrogens with one attached hydrogen (secondary N) is 1. The Labute approximate surface area is 136 Å².